The molecule has 0 aromatic heterocycles. The van der Waals surface area contributed by atoms with Crippen LogP contribution in [0.4, 0.5) is 0 Å². The number of Topliss-reactive ketones (excluding diaryl/α,β-unsaturated/α-hetero) is 1. The molecule has 0 bridgehead atoms. The fourth-order valence-electron chi connectivity index (χ4n) is 5.56. The van der Waals surface area contributed by atoms with Crippen LogP contribution in [0, 0.1) is 16.7 Å². The van der Waals surface area contributed by atoms with Crippen LogP contribution in [-0.4, -0.2) is 10.9 Å². The Kier molecular flexibility index (Phi) is 8.04. The zero-order valence-electron chi connectivity index (χ0n) is 27.8. The molecule has 221 valence electrons. The van der Waals surface area contributed by atoms with Crippen LogP contribution in [-0.2, 0) is 15.6 Å². The molecule has 2 aliphatic rings. The molecule has 0 saturated heterocycles. The van der Waals surface area contributed by atoms with Crippen molar-refractivity contribution in [3.05, 3.63) is 117 Å². The number of rotatable bonds is 1. The van der Waals surface area contributed by atoms with Gasteiger partial charge in [-0.25, -0.2) is 0 Å². The van der Waals surface area contributed by atoms with Crippen molar-refractivity contribution in [2.75, 3.05) is 0 Å². The van der Waals surface area contributed by atoms with Gasteiger partial charge in [-0.15, -0.1) is 0 Å². The van der Waals surface area contributed by atoms with Gasteiger partial charge in [-0.1, -0.05) is 144 Å². The number of hydrogen-bond acceptors (Lipinski definition) is 2. The Balaban J connectivity index is 1.74. The topological polar surface area (TPSA) is 37.3 Å². The van der Waals surface area contributed by atoms with E-state index >= 15 is 0 Å². The zero-order valence-corrected chi connectivity index (χ0v) is 27.8. The highest BCUT2D eigenvalue weighted by Crippen LogP contribution is 2.42. The van der Waals surface area contributed by atoms with Crippen LogP contribution in [0.3, 0.4) is 0 Å². The molecule has 0 fully saturated rings. The van der Waals surface area contributed by atoms with Gasteiger partial charge in [-0.3, -0.25) is 4.79 Å². The summed E-state index contributed by atoms with van der Waals surface area (Å²) in [6, 6.07) is 12.9. The molecule has 2 aliphatic carbocycles. The van der Waals surface area contributed by atoms with E-state index in [2.05, 4.69) is 156 Å². The number of hydrogen-bond donors (Lipinski definition) is 1. The van der Waals surface area contributed by atoms with Crippen LogP contribution in [0.2, 0.25) is 0 Å². The van der Waals surface area contributed by atoms with Gasteiger partial charge in [-0.05, 0) is 72.1 Å². The molecule has 1 N–H and O–H groups in total. The van der Waals surface area contributed by atoms with Gasteiger partial charge in [0, 0.05) is 17.1 Å². The molecule has 0 amide bonds. The molecule has 0 atom stereocenters. The summed E-state index contributed by atoms with van der Waals surface area (Å²) in [5, 5.41) is 13.4. The maximum Gasteiger partial charge on any atom is 0.186 e. The Hall–Kier alpha value is -3.39. The second kappa shape index (κ2) is 10.7. The molecule has 42 heavy (non-hydrogen) atoms. The van der Waals surface area contributed by atoms with Crippen molar-refractivity contribution in [1.29, 1.82) is 0 Å². The Morgan fingerprint density at radius 2 is 0.905 bits per heavy atom. The molecule has 1 radical (unpaired) electrons. The van der Waals surface area contributed by atoms with Crippen LogP contribution >= 0.6 is 0 Å². The number of phenols is 1. The van der Waals surface area contributed by atoms with E-state index in [4.69, 9.17) is 0 Å². The smallest absolute Gasteiger partial charge is 0.186 e. The normalized spacial score (nSPS) is 17.1. The number of phenolic OH excluding ortho intramolecular Hbond substituents is 1. The minimum absolute atomic E-state index is 0.160. The van der Waals surface area contributed by atoms with Gasteiger partial charge in [0.25, 0.3) is 0 Å². The van der Waals surface area contributed by atoms with Crippen molar-refractivity contribution >= 4 is 16.9 Å². The van der Waals surface area contributed by atoms with Crippen LogP contribution in [0.15, 0.2) is 84.0 Å². The predicted molar refractivity (Wildman–Crippen MR) is 179 cm³/mol. The fourth-order valence-corrected chi connectivity index (χ4v) is 5.56. The van der Waals surface area contributed by atoms with Crippen molar-refractivity contribution in [2.45, 2.75) is 93.9 Å². The Morgan fingerprint density at radius 3 is 1.26 bits per heavy atom. The Morgan fingerprint density at radius 1 is 0.524 bits per heavy atom. The van der Waals surface area contributed by atoms with Crippen LogP contribution in [0.25, 0.3) is 11.1 Å². The van der Waals surface area contributed by atoms with E-state index in [0.29, 0.717) is 5.75 Å². The number of carbonyl (C=O) groups is 1. The minimum Gasteiger partial charge on any atom is -0.507 e. The highest BCUT2D eigenvalue weighted by molar-refractivity contribution is 6.14. The molecule has 2 aromatic rings. The molecule has 0 heterocycles. The zero-order chi connectivity index (χ0) is 31.4. The quantitative estimate of drug-likeness (QED) is 0.379. The number of ketones is 1. The Bertz CT molecular complexity index is 1550. The maximum absolute atomic E-state index is 13.4. The van der Waals surface area contributed by atoms with Crippen molar-refractivity contribution in [3.63, 3.8) is 0 Å². The van der Waals surface area contributed by atoms with Crippen molar-refractivity contribution in [2.24, 2.45) is 10.8 Å². The highest BCUT2D eigenvalue weighted by atomic mass is 16.3. The van der Waals surface area contributed by atoms with E-state index < -0.39 is 0 Å². The molecule has 0 spiro atoms. The average Bonchev–Trinajstić information content (AvgIpc) is 2.86. The first kappa shape index (κ1) is 31.5. The third-order valence-corrected chi connectivity index (χ3v) is 8.20. The lowest BCUT2D eigenvalue weighted by atomic mass is 9.71. The van der Waals surface area contributed by atoms with Gasteiger partial charge in [0.1, 0.15) is 5.75 Å². The minimum atomic E-state index is -0.229. The third-order valence-electron chi connectivity index (χ3n) is 8.20. The van der Waals surface area contributed by atoms with Crippen LogP contribution in [0.1, 0.15) is 99.8 Å². The maximum atomic E-state index is 13.4. The first-order valence-electron chi connectivity index (χ1n) is 15.1. The summed E-state index contributed by atoms with van der Waals surface area (Å²) in [6.45, 7) is 25.5. The predicted octanol–water partition coefficient (Wildman–Crippen LogP) is 8.57. The van der Waals surface area contributed by atoms with Gasteiger partial charge in [-0.2, -0.15) is 0 Å². The summed E-state index contributed by atoms with van der Waals surface area (Å²) in [6.07, 6.45) is 12.9. The van der Waals surface area contributed by atoms with Crippen molar-refractivity contribution in [1.82, 2.24) is 0 Å². The lowest BCUT2D eigenvalue weighted by molar-refractivity contribution is -0.114. The summed E-state index contributed by atoms with van der Waals surface area (Å²) < 4.78 is 0. The molecule has 2 nitrogen and oxygen atoms in total. The van der Waals surface area contributed by atoms with Gasteiger partial charge in [0.2, 0.25) is 0 Å². The van der Waals surface area contributed by atoms with E-state index in [9.17, 15) is 9.90 Å². The lowest BCUT2D eigenvalue weighted by Gasteiger charge is -2.31. The largest absolute Gasteiger partial charge is 0.507 e. The van der Waals surface area contributed by atoms with Gasteiger partial charge >= 0.3 is 0 Å². The fraction of sp³-hybridized carbons (Fsp3) is 0.400. The van der Waals surface area contributed by atoms with E-state index in [1.807, 2.05) is 0 Å². The molecular weight excluding hydrogens is 512 g/mol. The molecule has 0 aliphatic heterocycles. The van der Waals surface area contributed by atoms with Crippen LogP contribution in [0.5, 0.6) is 5.75 Å². The molecule has 2 aromatic carbocycles. The number of aromatic hydroxyl groups is 1. The molecule has 0 saturated carbocycles. The summed E-state index contributed by atoms with van der Waals surface area (Å²) in [4.78, 5) is 13.4. The Labute approximate surface area is 254 Å². The van der Waals surface area contributed by atoms with E-state index in [1.165, 1.54) is 0 Å². The second-order valence-corrected chi connectivity index (χ2v) is 16.0. The average molecular weight is 562 g/mol. The second-order valence-electron chi connectivity index (χ2n) is 16.0. The third kappa shape index (κ3) is 6.48. The molecule has 0 unspecified atom stereocenters. The molecule has 4 rings (SSSR count). The highest BCUT2D eigenvalue weighted by Gasteiger charge is 2.34. The summed E-state index contributed by atoms with van der Waals surface area (Å²) in [5.74, 6) is 1.70. The summed E-state index contributed by atoms with van der Waals surface area (Å²) in [7, 11) is 0. The SMILES string of the molecule is CC(C)(C)C1=CC(=c2ccc(=C3C=C[C](c4cc(C(C)(C)C)c(O)c(C(C)(C)C)c4)C=C3)cc2)C=C(C(C)(C)C)C1=O. The van der Waals surface area contributed by atoms with Gasteiger partial charge in [0.15, 0.2) is 5.78 Å². The van der Waals surface area contributed by atoms with Crippen molar-refractivity contribution < 1.29 is 9.90 Å². The van der Waals surface area contributed by atoms with E-state index in [0.717, 1.165) is 55.3 Å². The van der Waals surface area contributed by atoms with E-state index in [-0.39, 0.29) is 27.4 Å². The first-order chi connectivity index (χ1) is 19.2. The molecular formula is C40H49O2. The van der Waals surface area contributed by atoms with Crippen molar-refractivity contribution in [3.8, 4) is 5.75 Å². The standard InChI is InChI=1S/C40H49O2/c1-37(2,3)31-21-29(22-32(35(31)41)38(4,5)6)27-17-13-25(14-18-27)26-15-19-28(20-16-26)30-23-33(39(7,8)9)36(42)34(24-30)40(10,11)12/h13-24,41H,1-12H3. The van der Waals surface area contributed by atoms with Gasteiger partial charge in [0.05, 0.1) is 0 Å². The number of benzene rings is 2. The lowest BCUT2D eigenvalue weighted by Crippen LogP contribution is -2.28. The monoisotopic (exact) mass is 561 g/mol. The summed E-state index contributed by atoms with van der Waals surface area (Å²) >= 11 is 0. The van der Waals surface area contributed by atoms with Crippen LogP contribution < -0.4 is 10.4 Å². The number of carbonyl (C=O) groups excluding carboxylic acids is 1. The molecule has 2 heteroatoms. The van der Waals surface area contributed by atoms with Gasteiger partial charge < -0.3 is 5.11 Å². The number of allylic oxidation sites excluding steroid dienone is 8. The van der Waals surface area contributed by atoms with E-state index in [1.54, 1.807) is 0 Å². The summed E-state index contributed by atoms with van der Waals surface area (Å²) in [5.41, 5.74) is 6.23. The first-order valence-corrected chi connectivity index (χ1v) is 15.1.